The van der Waals surface area contributed by atoms with Crippen LogP contribution in [0, 0.1) is 0 Å². The van der Waals surface area contributed by atoms with Crippen molar-refractivity contribution >= 4 is 11.6 Å². The minimum absolute atomic E-state index is 0.00811. The highest BCUT2D eigenvalue weighted by Crippen LogP contribution is 2.22. The maximum Gasteiger partial charge on any atom is 0.228 e. The topological polar surface area (TPSA) is 46.9 Å². The van der Waals surface area contributed by atoms with E-state index in [0.717, 1.165) is 17.7 Å². The molecule has 20 heavy (non-hydrogen) atoms. The lowest BCUT2D eigenvalue weighted by molar-refractivity contribution is -0.115. The largest absolute Gasteiger partial charge is 0.323 e. The summed E-state index contributed by atoms with van der Waals surface area (Å²) in [4.78, 5) is 12.0. The Hall–Kier alpha value is -2.10. The van der Waals surface area contributed by atoms with Crippen molar-refractivity contribution in [3.8, 4) is 0 Å². The van der Waals surface area contributed by atoms with Crippen LogP contribution in [0.1, 0.15) is 29.5 Å². The van der Waals surface area contributed by atoms with E-state index in [1.54, 1.807) is 17.1 Å². The van der Waals surface area contributed by atoms with E-state index >= 15 is 0 Å². The number of benzene rings is 1. The number of hydrogen-bond donors (Lipinski definition) is 1. The normalized spacial score (nSPS) is 13.8. The van der Waals surface area contributed by atoms with Gasteiger partial charge in [-0.3, -0.25) is 9.48 Å². The number of carbonyl (C=O) groups excluding carboxylic acids is 1. The number of aryl methyl sites for hydroxylation is 3. The number of rotatable bonds is 3. The molecule has 1 aromatic heterocycles. The predicted molar refractivity (Wildman–Crippen MR) is 78.6 cm³/mol. The standard InChI is InChI=1S/C16H19N3O/c1-19-11-15(10-17-19)18-16(20)9-12-6-7-13-4-2-3-5-14(13)8-12/h6-8,10-11H,2-5,9H2,1H3,(H,18,20). The number of nitrogens with zero attached hydrogens (tertiary/aromatic N) is 2. The molecule has 0 saturated carbocycles. The Balaban J connectivity index is 1.66. The van der Waals surface area contributed by atoms with Crippen LogP contribution in [-0.2, 0) is 31.1 Å². The second kappa shape index (κ2) is 5.49. The number of nitrogens with one attached hydrogen (secondary N) is 1. The van der Waals surface area contributed by atoms with Gasteiger partial charge in [0.15, 0.2) is 0 Å². The zero-order valence-electron chi connectivity index (χ0n) is 11.7. The van der Waals surface area contributed by atoms with Crippen LogP contribution in [0.3, 0.4) is 0 Å². The molecule has 0 unspecified atom stereocenters. The van der Waals surface area contributed by atoms with Gasteiger partial charge in [0, 0.05) is 13.2 Å². The van der Waals surface area contributed by atoms with Gasteiger partial charge in [-0.25, -0.2) is 0 Å². The first-order chi connectivity index (χ1) is 9.70. The summed E-state index contributed by atoms with van der Waals surface area (Å²) in [5.74, 6) is 0.00811. The van der Waals surface area contributed by atoms with E-state index in [-0.39, 0.29) is 5.91 Å². The van der Waals surface area contributed by atoms with Gasteiger partial charge < -0.3 is 5.32 Å². The van der Waals surface area contributed by atoms with Crippen LogP contribution in [0.4, 0.5) is 5.69 Å². The Labute approximate surface area is 118 Å². The van der Waals surface area contributed by atoms with Crippen LogP contribution in [-0.4, -0.2) is 15.7 Å². The first-order valence-corrected chi connectivity index (χ1v) is 7.10. The average Bonchev–Trinajstić information content (AvgIpc) is 2.83. The highest BCUT2D eigenvalue weighted by Gasteiger charge is 2.11. The first kappa shape index (κ1) is 12.9. The van der Waals surface area contributed by atoms with Crippen molar-refractivity contribution in [1.29, 1.82) is 0 Å². The molecule has 1 N–H and O–H groups in total. The van der Waals surface area contributed by atoms with Crippen LogP contribution >= 0.6 is 0 Å². The summed E-state index contributed by atoms with van der Waals surface area (Å²) in [6, 6.07) is 6.45. The van der Waals surface area contributed by atoms with Crippen LogP contribution in [0.5, 0.6) is 0 Å². The van der Waals surface area contributed by atoms with E-state index in [0.29, 0.717) is 6.42 Å². The van der Waals surface area contributed by atoms with Crippen LogP contribution in [0.25, 0.3) is 0 Å². The van der Waals surface area contributed by atoms with Crippen LogP contribution < -0.4 is 5.32 Å². The third-order valence-electron chi connectivity index (χ3n) is 3.77. The molecule has 0 bridgehead atoms. The Kier molecular flexibility index (Phi) is 3.54. The molecule has 1 amide bonds. The zero-order valence-corrected chi connectivity index (χ0v) is 11.7. The summed E-state index contributed by atoms with van der Waals surface area (Å²) in [7, 11) is 1.83. The lowest BCUT2D eigenvalue weighted by Crippen LogP contribution is -2.14. The van der Waals surface area contributed by atoms with Crippen molar-refractivity contribution < 1.29 is 4.79 Å². The number of anilines is 1. The Bertz CT molecular complexity index is 630. The SMILES string of the molecule is Cn1cc(NC(=O)Cc2ccc3c(c2)CCCC3)cn1. The molecule has 4 heteroatoms. The number of hydrogen-bond acceptors (Lipinski definition) is 2. The number of fused-ring (bicyclic) bond motifs is 1. The van der Waals surface area contributed by atoms with E-state index in [2.05, 4.69) is 28.6 Å². The van der Waals surface area contributed by atoms with Crippen LogP contribution in [0.15, 0.2) is 30.6 Å². The molecular weight excluding hydrogens is 250 g/mol. The van der Waals surface area contributed by atoms with E-state index < -0.39 is 0 Å². The quantitative estimate of drug-likeness (QED) is 0.930. The molecule has 0 saturated heterocycles. The van der Waals surface area contributed by atoms with E-state index in [4.69, 9.17) is 0 Å². The zero-order chi connectivity index (χ0) is 13.9. The molecule has 0 spiro atoms. The van der Waals surface area contributed by atoms with Gasteiger partial charge in [-0.05, 0) is 42.4 Å². The Morgan fingerprint density at radius 1 is 1.30 bits per heavy atom. The summed E-state index contributed by atoms with van der Waals surface area (Å²) in [5, 5.41) is 6.91. The molecule has 1 heterocycles. The predicted octanol–water partition coefficient (Wildman–Crippen LogP) is 2.48. The molecule has 0 aliphatic heterocycles. The molecule has 3 rings (SSSR count). The van der Waals surface area contributed by atoms with Gasteiger partial charge in [-0.1, -0.05) is 18.2 Å². The molecule has 104 valence electrons. The number of carbonyl (C=O) groups is 1. The summed E-state index contributed by atoms with van der Waals surface area (Å²) in [5.41, 5.74) is 4.71. The summed E-state index contributed by atoms with van der Waals surface area (Å²) >= 11 is 0. The van der Waals surface area contributed by atoms with Crippen molar-refractivity contribution in [1.82, 2.24) is 9.78 Å². The second-order valence-electron chi connectivity index (χ2n) is 5.44. The van der Waals surface area contributed by atoms with E-state index in [1.807, 2.05) is 7.05 Å². The van der Waals surface area contributed by atoms with Gasteiger partial charge in [-0.15, -0.1) is 0 Å². The Morgan fingerprint density at radius 2 is 2.10 bits per heavy atom. The molecule has 2 aromatic rings. The minimum Gasteiger partial charge on any atom is -0.323 e. The monoisotopic (exact) mass is 269 g/mol. The second-order valence-corrected chi connectivity index (χ2v) is 5.44. The van der Waals surface area contributed by atoms with Gasteiger partial charge in [0.1, 0.15) is 0 Å². The summed E-state index contributed by atoms with van der Waals surface area (Å²) < 4.78 is 1.68. The minimum atomic E-state index is 0.00811. The lowest BCUT2D eigenvalue weighted by Gasteiger charge is -2.16. The van der Waals surface area contributed by atoms with Crippen molar-refractivity contribution in [2.45, 2.75) is 32.1 Å². The summed E-state index contributed by atoms with van der Waals surface area (Å²) in [6.45, 7) is 0. The third-order valence-corrected chi connectivity index (χ3v) is 3.77. The Morgan fingerprint density at radius 3 is 2.85 bits per heavy atom. The van der Waals surface area contributed by atoms with Gasteiger partial charge in [0.25, 0.3) is 0 Å². The van der Waals surface area contributed by atoms with Gasteiger partial charge >= 0.3 is 0 Å². The number of aromatic nitrogens is 2. The van der Waals surface area contributed by atoms with E-state index in [1.165, 1.54) is 30.4 Å². The fraction of sp³-hybridized carbons (Fsp3) is 0.375. The highest BCUT2D eigenvalue weighted by atomic mass is 16.1. The smallest absolute Gasteiger partial charge is 0.228 e. The van der Waals surface area contributed by atoms with Gasteiger partial charge in [0.05, 0.1) is 18.3 Å². The van der Waals surface area contributed by atoms with E-state index in [9.17, 15) is 4.79 Å². The van der Waals surface area contributed by atoms with Gasteiger partial charge in [0.2, 0.25) is 5.91 Å². The molecule has 1 aromatic carbocycles. The molecule has 0 radical (unpaired) electrons. The molecule has 4 nitrogen and oxygen atoms in total. The fourth-order valence-electron chi connectivity index (χ4n) is 2.77. The van der Waals surface area contributed by atoms with Crippen molar-refractivity contribution in [3.63, 3.8) is 0 Å². The highest BCUT2D eigenvalue weighted by molar-refractivity contribution is 5.92. The fourth-order valence-corrected chi connectivity index (χ4v) is 2.77. The molecule has 1 aliphatic carbocycles. The summed E-state index contributed by atoms with van der Waals surface area (Å²) in [6.07, 6.45) is 8.74. The molecular formula is C16H19N3O. The molecule has 1 aliphatic rings. The van der Waals surface area contributed by atoms with Crippen molar-refractivity contribution in [2.24, 2.45) is 7.05 Å². The average molecular weight is 269 g/mol. The molecule has 0 fully saturated rings. The lowest BCUT2D eigenvalue weighted by atomic mass is 9.90. The van der Waals surface area contributed by atoms with Crippen molar-refractivity contribution in [2.75, 3.05) is 5.32 Å². The van der Waals surface area contributed by atoms with Crippen LogP contribution in [0.2, 0.25) is 0 Å². The maximum atomic E-state index is 12.0. The molecule has 0 atom stereocenters. The first-order valence-electron chi connectivity index (χ1n) is 7.10. The van der Waals surface area contributed by atoms with Gasteiger partial charge in [-0.2, -0.15) is 5.10 Å². The third kappa shape index (κ3) is 2.90. The van der Waals surface area contributed by atoms with Crippen molar-refractivity contribution in [3.05, 3.63) is 47.3 Å². The maximum absolute atomic E-state index is 12.0. The number of amides is 1.